The second-order valence-electron chi connectivity index (χ2n) is 5.30. The first kappa shape index (κ1) is 14.4. The number of ether oxygens (including phenoxy) is 1. The molecule has 1 unspecified atom stereocenters. The average molecular weight is 297 g/mol. The van der Waals surface area contributed by atoms with E-state index >= 15 is 0 Å². The van der Waals surface area contributed by atoms with Crippen LogP contribution in [0.4, 0.5) is 5.69 Å². The summed E-state index contributed by atoms with van der Waals surface area (Å²) in [5.41, 5.74) is 8.29. The highest BCUT2D eigenvalue weighted by Crippen LogP contribution is 2.17. The van der Waals surface area contributed by atoms with Crippen molar-refractivity contribution in [1.82, 2.24) is 9.55 Å². The van der Waals surface area contributed by atoms with Gasteiger partial charge in [-0.05, 0) is 31.2 Å². The summed E-state index contributed by atoms with van der Waals surface area (Å²) < 4.78 is 7.59. The molecule has 22 heavy (non-hydrogen) atoms. The number of aryl methyl sites for hydroxylation is 1. The van der Waals surface area contributed by atoms with Gasteiger partial charge in [-0.1, -0.05) is 18.2 Å². The lowest BCUT2D eigenvalue weighted by Gasteiger charge is -2.15. The van der Waals surface area contributed by atoms with Crippen LogP contribution in [0.3, 0.4) is 0 Å². The van der Waals surface area contributed by atoms with Gasteiger partial charge in [-0.15, -0.1) is 0 Å². The van der Waals surface area contributed by atoms with Crippen LogP contribution in [-0.4, -0.2) is 27.4 Å². The Morgan fingerprint density at radius 1 is 1.23 bits per heavy atom. The molecule has 5 heteroatoms. The summed E-state index contributed by atoms with van der Waals surface area (Å²) in [6, 6.07) is 15.1. The Bertz CT molecular complexity index is 782. The molecular formula is C17H19N3O2. The zero-order chi connectivity index (χ0) is 15.5. The number of imidazole rings is 1. The van der Waals surface area contributed by atoms with Crippen molar-refractivity contribution >= 4 is 16.7 Å². The molecule has 0 saturated heterocycles. The van der Waals surface area contributed by atoms with Crippen molar-refractivity contribution in [3.05, 3.63) is 54.4 Å². The number of rotatable bonds is 5. The van der Waals surface area contributed by atoms with Crippen molar-refractivity contribution in [2.45, 2.75) is 19.6 Å². The molecule has 0 aliphatic carbocycles. The molecule has 0 amide bonds. The highest BCUT2D eigenvalue weighted by molar-refractivity contribution is 5.75. The number of nitrogens with two attached hydrogens (primary N) is 1. The maximum Gasteiger partial charge on any atom is 0.121 e. The predicted octanol–water partition coefficient (Wildman–Crippen LogP) is 2.37. The molecule has 3 aromatic rings. The Balaban J connectivity index is 1.68. The molecule has 1 aromatic heterocycles. The van der Waals surface area contributed by atoms with Crippen LogP contribution >= 0.6 is 0 Å². The predicted molar refractivity (Wildman–Crippen MR) is 86.8 cm³/mol. The van der Waals surface area contributed by atoms with Gasteiger partial charge >= 0.3 is 0 Å². The van der Waals surface area contributed by atoms with Crippen molar-refractivity contribution in [2.75, 3.05) is 12.3 Å². The zero-order valence-corrected chi connectivity index (χ0v) is 12.4. The summed E-state index contributed by atoms with van der Waals surface area (Å²) >= 11 is 0. The van der Waals surface area contributed by atoms with Crippen LogP contribution in [0.1, 0.15) is 5.82 Å². The fourth-order valence-electron chi connectivity index (χ4n) is 2.49. The van der Waals surface area contributed by atoms with Crippen molar-refractivity contribution < 1.29 is 9.84 Å². The van der Waals surface area contributed by atoms with Gasteiger partial charge in [0.05, 0.1) is 17.6 Å². The summed E-state index contributed by atoms with van der Waals surface area (Å²) in [5.74, 6) is 1.54. The van der Waals surface area contributed by atoms with Crippen molar-refractivity contribution in [3.63, 3.8) is 0 Å². The van der Waals surface area contributed by atoms with Gasteiger partial charge < -0.3 is 20.1 Å². The first-order valence-electron chi connectivity index (χ1n) is 7.22. The van der Waals surface area contributed by atoms with Crippen molar-refractivity contribution in [1.29, 1.82) is 0 Å². The minimum atomic E-state index is -0.627. The summed E-state index contributed by atoms with van der Waals surface area (Å²) in [6.45, 7) is 2.58. The average Bonchev–Trinajstić information content (AvgIpc) is 2.81. The second-order valence-corrected chi connectivity index (χ2v) is 5.30. The molecule has 114 valence electrons. The highest BCUT2D eigenvalue weighted by atomic mass is 16.5. The number of benzene rings is 2. The number of aliphatic hydroxyl groups is 1. The Kier molecular flexibility index (Phi) is 3.98. The SMILES string of the molecule is Cc1nc2ccccc2n1CC(O)COc1cccc(N)c1. The molecule has 5 nitrogen and oxygen atoms in total. The van der Waals surface area contributed by atoms with Gasteiger partial charge in [0.15, 0.2) is 0 Å². The van der Waals surface area contributed by atoms with E-state index in [9.17, 15) is 5.11 Å². The van der Waals surface area contributed by atoms with Crippen molar-refractivity contribution in [3.8, 4) is 5.75 Å². The van der Waals surface area contributed by atoms with Gasteiger partial charge in [-0.3, -0.25) is 0 Å². The largest absolute Gasteiger partial charge is 0.491 e. The Hall–Kier alpha value is -2.53. The molecular weight excluding hydrogens is 278 g/mol. The number of nitrogen functional groups attached to an aromatic ring is 1. The number of anilines is 1. The van der Waals surface area contributed by atoms with Gasteiger partial charge in [-0.25, -0.2) is 4.98 Å². The lowest BCUT2D eigenvalue weighted by atomic mass is 10.3. The summed E-state index contributed by atoms with van der Waals surface area (Å²) in [5, 5.41) is 10.2. The monoisotopic (exact) mass is 297 g/mol. The van der Waals surface area contributed by atoms with E-state index in [2.05, 4.69) is 4.98 Å². The summed E-state index contributed by atoms with van der Waals surface area (Å²) in [4.78, 5) is 4.49. The lowest BCUT2D eigenvalue weighted by molar-refractivity contribution is 0.0929. The lowest BCUT2D eigenvalue weighted by Crippen LogP contribution is -2.24. The quantitative estimate of drug-likeness (QED) is 0.709. The van der Waals surface area contributed by atoms with E-state index in [1.807, 2.05) is 47.9 Å². The smallest absolute Gasteiger partial charge is 0.121 e. The first-order valence-corrected chi connectivity index (χ1v) is 7.22. The molecule has 0 fully saturated rings. The highest BCUT2D eigenvalue weighted by Gasteiger charge is 2.12. The standard InChI is InChI=1S/C17H19N3O2/c1-12-19-16-7-2-3-8-17(16)20(12)10-14(21)11-22-15-6-4-5-13(18)9-15/h2-9,14,21H,10-11,18H2,1H3. The number of fused-ring (bicyclic) bond motifs is 1. The number of hydrogen-bond acceptors (Lipinski definition) is 4. The number of para-hydroxylation sites is 2. The number of nitrogens with zero attached hydrogens (tertiary/aromatic N) is 2. The van der Waals surface area contributed by atoms with Gasteiger partial charge in [0.1, 0.15) is 24.3 Å². The van der Waals surface area contributed by atoms with E-state index in [0.29, 0.717) is 18.0 Å². The third kappa shape index (κ3) is 3.04. The minimum absolute atomic E-state index is 0.204. The Labute approximate surface area is 129 Å². The van der Waals surface area contributed by atoms with Gasteiger partial charge in [-0.2, -0.15) is 0 Å². The van der Waals surface area contributed by atoms with E-state index in [-0.39, 0.29) is 6.61 Å². The molecule has 1 heterocycles. The van der Waals surface area contributed by atoms with E-state index in [1.54, 1.807) is 12.1 Å². The van der Waals surface area contributed by atoms with Crippen LogP contribution in [-0.2, 0) is 6.54 Å². The van der Waals surface area contributed by atoms with Crippen LogP contribution in [0, 0.1) is 6.92 Å². The Morgan fingerprint density at radius 2 is 2.05 bits per heavy atom. The molecule has 3 N–H and O–H groups in total. The minimum Gasteiger partial charge on any atom is -0.491 e. The van der Waals surface area contributed by atoms with Crippen LogP contribution in [0.5, 0.6) is 5.75 Å². The Morgan fingerprint density at radius 3 is 2.86 bits per heavy atom. The summed E-state index contributed by atoms with van der Waals surface area (Å²) in [7, 11) is 0. The van der Waals surface area contributed by atoms with Gasteiger partial charge in [0.25, 0.3) is 0 Å². The molecule has 0 saturated carbocycles. The molecule has 0 spiro atoms. The van der Waals surface area contributed by atoms with Gasteiger partial charge in [0, 0.05) is 11.8 Å². The topological polar surface area (TPSA) is 73.3 Å². The van der Waals surface area contributed by atoms with Crippen LogP contribution in [0.2, 0.25) is 0 Å². The molecule has 0 aliphatic rings. The maximum absolute atomic E-state index is 10.2. The van der Waals surface area contributed by atoms with E-state index in [0.717, 1.165) is 16.9 Å². The molecule has 0 bridgehead atoms. The fourth-order valence-corrected chi connectivity index (χ4v) is 2.49. The number of aliphatic hydroxyl groups excluding tert-OH is 1. The third-order valence-corrected chi connectivity index (χ3v) is 3.54. The second kappa shape index (κ2) is 6.07. The van der Waals surface area contributed by atoms with Crippen LogP contribution in [0.25, 0.3) is 11.0 Å². The van der Waals surface area contributed by atoms with E-state index < -0.39 is 6.10 Å². The fraction of sp³-hybridized carbons (Fsp3) is 0.235. The van der Waals surface area contributed by atoms with Crippen molar-refractivity contribution in [2.24, 2.45) is 0 Å². The van der Waals surface area contributed by atoms with E-state index in [4.69, 9.17) is 10.5 Å². The molecule has 2 aromatic carbocycles. The number of hydrogen-bond donors (Lipinski definition) is 2. The third-order valence-electron chi connectivity index (χ3n) is 3.54. The number of aromatic nitrogens is 2. The molecule has 3 rings (SSSR count). The van der Waals surface area contributed by atoms with Crippen LogP contribution < -0.4 is 10.5 Å². The van der Waals surface area contributed by atoms with Crippen LogP contribution in [0.15, 0.2) is 48.5 Å². The summed E-state index contributed by atoms with van der Waals surface area (Å²) in [6.07, 6.45) is -0.627. The first-order chi connectivity index (χ1) is 10.6. The zero-order valence-electron chi connectivity index (χ0n) is 12.4. The molecule has 0 radical (unpaired) electrons. The molecule has 1 atom stereocenters. The van der Waals surface area contributed by atoms with Gasteiger partial charge in [0.2, 0.25) is 0 Å². The molecule has 0 aliphatic heterocycles. The van der Waals surface area contributed by atoms with E-state index in [1.165, 1.54) is 0 Å². The normalized spacial score (nSPS) is 12.5. The maximum atomic E-state index is 10.2.